The van der Waals surface area contributed by atoms with Gasteiger partial charge < -0.3 is 14.2 Å². The average molecular weight is 318 g/mol. The monoisotopic (exact) mass is 318 g/mol. The Labute approximate surface area is 132 Å². The van der Waals surface area contributed by atoms with Crippen molar-refractivity contribution in [2.75, 3.05) is 14.2 Å². The normalized spacial score (nSPS) is 10.9. The molecule has 0 aliphatic rings. The molecule has 0 bridgehead atoms. The summed E-state index contributed by atoms with van der Waals surface area (Å²) in [7, 11) is 2.81. The van der Waals surface area contributed by atoms with E-state index in [0.29, 0.717) is 16.5 Å². The van der Waals surface area contributed by atoms with Gasteiger partial charge in [-0.3, -0.25) is 0 Å². The Kier molecular flexibility index (Phi) is 5.79. The van der Waals surface area contributed by atoms with E-state index in [-0.39, 0.29) is 5.23 Å². The summed E-state index contributed by atoms with van der Waals surface area (Å²) in [6, 6.07) is 12.4. The molecule has 1 aromatic carbocycles. The highest BCUT2D eigenvalue weighted by Gasteiger charge is 2.11. The lowest BCUT2D eigenvalue weighted by Crippen LogP contribution is -2.08. The second-order valence-corrected chi connectivity index (χ2v) is 4.87. The highest BCUT2D eigenvalue weighted by atomic mass is 32.2. The molecule has 2 aromatic rings. The van der Waals surface area contributed by atoms with Gasteiger partial charge in [-0.1, -0.05) is 12.1 Å². The second-order valence-electron chi connectivity index (χ2n) is 3.90. The van der Waals surface area contributed by atoms with Gasteiger partial charge in [0.2, 0.25) is 0 Å². The van der Waals surface area contributed by atoms with Crippen molar-refractivity contribution in [3.8, 4) is 11.5 Å². The van der Waals surface area contributed by atoms with Gasteiger partial charge in [0.25, 0.3) is 5.23 Å². The number of carbonyl (C=O) groups excluding carboxylic acids is 1. The summed E-state index contributed by atoms with van der Waals surface area (Å²) < 4.78 is 15.3. The van der Waals surface area contributed by atoms with E-state index in [1.807, 2.05) is 6.07 Å². The summed E-state index contributed by atoms with van der Waals surface area (Å²) in [5.41, 5.74) is 0. The molecule has 114 valence electrons. The van der Waals surface area contributed by atoms with Crippen molar-refractivity contribution in [2.24, 2.45) is 4.99 Å². The molecule has 0 spiro atoms. The first-order chi connectivity index (χ1) is 10.7. The molecular formula is C15H14N2O4S. The third-order valence-corrected chi connectivity index (χ3v) is 3.23. The molecule has 7 heteroatoms. The molecule has 1 amide bonds. The lowest BCUT2D eigenvalue weighted by atomic mass is 10.3. The number of nitrogens with zero attached hydrogens (tertiary/aromatic N) is 2. The third-order valence-electron chi connectivity index (χ3n) is 2.43. The van der Waals surface area contributed by atoms with Crippen molar-refractivity contribution >= 4 is 23.1 Å². The number of carbonyl (C=O) groups is 1. The van der Waals surface area contributed by atoms with Crippen LogP contribution in [0, 0.1) is 0 Å². The Balaban J connectivity index is 2.20. The van der Waals surface area contributed by atoms with E-state index in [9.17, 15) is 4.79 Å². The van der Waals surface area contributed by atoms with Crippen LogP contribution in [0.15, 0.2) is 58.7 Å². The molecular weight excluding hydrogens is 304 g/mol. The largest absolute Gasteiger partial charge is 0.497 e. The molecule has 0 radical (unpaired) electrons. The number of hydrogen-bond acceptors (Lipinski definition) is 6. The number of methoxy groups -OCH3 is 2. The number of pyridine rings is 1. The van der Waals surface area contributed by atoms with Crippen LogP contribution < -0.4 is 9.47 Å². The maximum Gasteiger partial charge on any atom is 0.437 e. The number of ether oxygens (including phenoxy) is 3. The predicted octanol–water partition coefficient (Wildman–Crippen LogP) is 3.38. The first kappa shape index (κ1) is 15.8. The summed E-state index contributed by atoms with van der Waals surface area (Å²) in [5, 5.41) is 0.756. The van der Waals surface area contributed by atoms with E-state index < -0.39 is 6.09 Å². The molecule has 0 saturated carbocycles. The number of aromatic nitrogens is 1. The molecule has 0 saturated heterocycles. The van der Waals surface area contributed by atoms with Crippen LogP contribution in [-0.2, 0) is 4.74 Å². The lowest BCUT2D eigenvalue weighted by molar-refractivity contribution is 0.182. The van der Waals surface area contributed by atoms with Gasteiger partial charge in [-0.25, -0.2) is 9.78 Å². The third kappa shape index (κ3) is 4.78. The highest BCUT2D eigenvalue weighted by Crippen LogP contribution is 2.23. The summed E-state index contributed by atoms with van der Waals surface area (Å²) in [6.45, 7) is 0. The number of hydrogen-bond donors (Lipinski definition) is 0. The second kappa shape index (κ2) is 8.04. The van der Waals surface area contributed by atoms with Gasteiger partial charge in [0.05, 0.1) is 14.2 Å². The van der Waals surface area contributed by atoms with Crippen molar-refractivity contribution < 1.29 is 19.0 Å². The number of rotatable bonds is 3. The van der Waals surface area contributed by atoms with E-state index in [2.05, 4.69) is 14.7 Å². The maximum atomic E-state index is 11.4. The van der Waals surface area contributed by atoms with Gasteiger partial charge in [0.1, 0.15) is 16.5 Å². The summed E-state index contributed by atoms with van der Waals surface area (Å²) >= 11 is 1.12. The fourth-order valence-electron chi connectivity index (χ4n) is 1.45. The van der Waals surface area contributed by atoms with E-state index in [4.69, 9.17) is 9.47 Å². The predicted molar refractivity (Wildman–Crippen MR) is 83.6 cm³/mol. The first-order valence-corrected chi connectivity index (χ1v) is 7.10. The van der Waals surface area contributed by atoms with E-state index in [0.717, 1.165) is 11.8 Å². The van der Waals surface area contributed by atoms with Crippen LogP contribution >= 0.6 is 11.8 Å². The van der Waals surface area contributed by atoms with Crippen molar-refractivity contribution in [2.45, 2.75) is 5.03 Å². The zero-order chi connectivity index (χ0) is 15.8. The number of amides is 1. The van der Waals surface area contributed by atoms with Gasteiger partial charge in [0.15, 0.2) is 0 Å². The topological polar surface area (TPSA) is 70.0 Å². The van der Waals surface area contributed by atoms with E-state index in [1.165, 1.54) is 7.11 Å². The Morgan fingerprint density at radius 3 is 2.64 bits per heavy atom. The molecule has 0 unspecified atom stereocenters. The fourth-order valence-corrected chi connectivity index (χ4v) is 2.15. The van der Waals surface area contributed by atoms with Gasteiger partial charge in [-0.2, -0.15) is 0 Å². The van der Waals surface area contributed by atoms with E-state index in [1.54, 1.807) is 49.7 Å². The minimum absolute atomic E-state index is 0.110. The van der Waals surface area contributed by atoms with Crippen molar-refractivity contribution in [3.05, 3.63) is 48.7 Å². The number of thioether (sulfide) groups is 1. The van der Waals surface area contributed by atoms with Crippen LogP contribution in [0.25, 0.3) is 0 Å². The van der Waals surface area contributed by atoms with Crippen LogP contribution in [-0.4, -0.2) is 30.5 Å². The van der Waals surface area contributed by atoms with Crippen LogP contribution in [0.5, 0.6) is 11.5 Å². The number of aliphatic imine (C=N–C) groups is 1. The fraction of sp³-hybridized carbons (Fsp3) is 0.133. The molecule has 1 heterocycles. The zero-order valence-corrected chi connectivity index (χ0v) is 12.9. The van der Waals surface area contributed by atoms with Crippen molar-refractivity contribution in [1.82, 2.24) is 4.98 Å². The van der Waals surface area contributed by atoms with Gasteiger partial charge in [-0.15, -0.1) is 4.99 Å². The highest BCUT2D eigenvalue weighted by molar-refractivity contribution is 8.13. The minimum Gasteiger partial charge on any atom is -0.497 e. The average Bonchev–Trinajstić information content (AvgIpc) is 2.55. The van der Waals surface area contributed by atoms with E-state index >= 15 is 0 Å². The zero-order valence-electron chi connectivity index (χ0n) is 12.1. The Morgan fingerprint density at radius 2 is 1.95 bits per heavy atom. The molecule has 22 heavy (non-hydrogen) atoms. The molecule has 0 atom stereocenters. The molecule has 0 N–H and O–H groups in total. The lowest BCUT2D eigenvalue weighted by Gasteiger charge is -2.08. The van der Waals surface area contributed by atoms with Crippen LogP contribution in [0.1, 0.15) is 0 Å². The van der Waals surface area contributed by atoms with Gasteiger partial charge >= 0.3 is 6.09 Å². The van der Waals surface area contributed by atoms with Crippen LogP contribution in [0.3, 0.4) is 0 Å². The quantitative estimate of drug-likeness (QED) is 0.491. The first-order valence-electron chi connectivity index (χ1n) is 6.28. The summed E-state index contributed by atoms with van der Waals surface area (Å²) in [5.74, 6) is 1.13. The van der Waals surface area contributed by atoms with Crippen LogP contribution in [0.4, 0.5) is 4.79 Å². The Bertz CT molecular complexity index is 662. The molecule has 0 aliphatic heterocycles. The van der Waals surface area contributed by atoms with Crippen molar-refractivity contribution in [3.63, 3.8) is 0 Å². The molecule has 2 rings (SSSR count). The number of benzene rings is 1. The van der Waals surface area contributed by atoms with Crippen LogP contribution in [0.2, 0.25) is 0 Å². The summed E-state index contributed by atoms with van der Waals surface area (Å²) in [4.78, 5) is 19.3. The SMILES string of the molecule is COC(=O)N=C(Oc1cccc(OC)c1)Sc1ccccn1. The molecule has 6 nitrogen and oxygen atoms in total. The Hall–Kier alpha value is -2.54. The smallest absolute Gasteiger partial charge is 0.437 e. The van der Waals surface area contributed by atoms with Gasteiger partial charge in [-0.05, 0) is 36.0 Å². The maximum absolute atomic E-state index is 11.4. The molecule has 0 aliphatic carbocycles. The molecule has 0 fully saturated rings. The summed E-state index contributed by atoms with van der Waals surface area (Å²) in [6.07, 6.45) is 0.894. The standard InChI is InChI=1S/C15H14N2O4S/c1-19-11-6-5-7-12(10-11)21-15(17-14(18)20-2)22-13-8-3-4-9-16-13/h3-10H,1-2H3. The minimum atomic E-state index is -0.749. The molecule has 1 aromatic heterocycles. The Morgan fingerprint density at radius 1 is 1.14 bits per heavy atom. The van der Waals surface area contributed by atoms with Gasteiger partial charge in [0, 0.05) is 12.3 Å². The van der Waals surface area contributed by atoms with Crippen molar-refractivity contribution in [1.29, 1.82) is 0 Å².